The molecule has 2 aliphatic rings. The van der Waals surface area contributed by atoms with Gasteiger partial charge < -0.3 is 5.11 Å². The average Bonchev–Trinajstić information content (AvgIpc) is 2.86. The maximum atomic E-state index is 13.8. The molecule has 1 N–H and O–H groups in total. The van der Waals surface area contributed by atoms with Gasteiger partial charge in [-0.3, -0.25) is 4.90 Å². The zero-order valence-corrected chi connectivity index (χ0v) is 14.5. The molecule has 2 aromatic rings. The fourth-order valence-corrected chi connectivity index (χ4v) is 4.88. The second kappa shape index (κ2) is 7.27. The molecule has 2 nitrogen and oxygen atoms in total. The number of hydrogen-bond acceptors (Lipinski definition) is 2. The van der Waals surface area contributed by atoms with Crippen LogP contribution in [0, 0.1) is 11.7 Å². The Labute approximate surface area is 149 Å². The fraction of sp³-hybridized carbons (Fsp3) is 0.455. The van der Waals surface area contributed by atoms with Crippen LogP contribution < -0.4 is 0 Å². The van der Waals surface area contributed by atoms with Gasteiger partial charge in [0.25, 0.3) is 0 Å². The van der Waals surface area contributed by atoms with Crippen molar-refractivity contribution in [1.82, 2.24) is 4.90 Å². The maximum absolute atomic E-state index is 13.8. The van der Waals surface area contributed by atoms with Gasteiger partial charge in [0.1, 0.15) is 5.82 Å². The number of benzene rings is 2. The van der Waals surface area contributed by atoms with E-state index >= 15 is 0 Å². The van der Waals surface area contributed by atoms with Crippen molar-refractivity contribution in [3.8, 4) is 0 Å². The summed E-state index contributed by atoms with van der Waals surface area (Å²) in [5.41, 5.74) is 2.34. The summed E-state index contributed by atoms with van der Waals surface area (Å²) in [6, 6.07) is 17.9. The topological polar surface area (TPSA) is 23.5 Å². The molecule has 2 aromatic carbocycles. The highest BCUT2D eigenvalue weighted by atomic mass is 19.1. The highest BCUT2D eigenvalue weighted by Crippen LogP contribution is 2.44. The van der Waals surface area contributed by atoms with Crippen molar-refractivity contribution >= 4 is 0 Å². The predicted octanol–water partition coefficient (Wildman–Crippen LogP) is 4.34. The lowest BCUT2D eigenvalue weighted by atomic mass is 9.81. The molecule has 1 saturated heterocycles. The van der Waals surface area contributed by atoms with Gasteiger partial charge in [-0.2, -0.15) is 0 Å². The predicted molar refractivity (Wildman–Crippen MR) is 97.7 cm³/mol. The number of hydrogen-bond donors (Lipinski definition) is 1. The quantitative estimate of drug-likeness (QED) is 0.899. The summed E-state index contributed by atoms with van der Waals surface area (Å²) >= 11 is 0. The molecule has 1 aliphatic carbocycles. The molecule has 0 spiro atoms. The fourth-order valence-electron chi connectivity index (χ4n) is 4.88. The van der Waals surface area contributed by atoms with Crippen LogP contribution in [-0.2, 0) is 6.54 Å². The minimum absolute atomic E-state index is 0.182. The smallest absolute Gasteiger partial charge is 0.123 e. The molecule has 4 atom stereocenters. The first-order chi connectivity index (χ1) is 12.2. The number of nitrogens with zero attached hydrogens (tertiary/aromatic N) is 1. The molecule has 0 unspecified atom stereocenters. The van der Waals surface area contributed by atoms with Gasteiger partial charge in [-0.25, -0.2) is 4.39 Å². The molecule has 3 heteroatoms. The molecule has 4 rings (SSSR count). The van der Waals surface area contributed by atoms with Gasteiger partial charge in [0.05, 0.1) is 6.10 Å². The molecule has 2 fully saturated rings. The molecular weight excluding hydrogens is 313 g/mol. The van der Waals surface area contributed by atoms with E-state index in [4.69, 9.17) is 0 Å². The lowest BCUT2D eigenvalue weighted by Gasteiger charge is -2.29. The SMILES string of the molecule is O[C@H]1CCCC[C@@H]2[C@H]1[C@@H](c1cccc(F)c1)CN2Cc1ccccc1. The highest BCUT2D eigenvalue weighted by Gasteiger charge is 2.46. The van der Waals surface area contributed by atoms with Gasteiger partial charge in [0.2, 0.25) is 0 Å². The molecular formula is C22H26FNO. The van der Waals surface area contributed by atoms with Crippen molar-refractivity contribution in [1.29, 1.82) is 0 Å². The number of aliphatic hydroxyl groups excluding tert-OH is 1. The van der Waals surface area contributed by atoms with E-state index < -0.39 is 0 Å². The summed E-state index contributed by atoms with van der Waals surface area (Å²) in [5.74, 6) is 0.226. The Kier molecular flexibility index (Phi) is 4.87. The molecule has 0 aromatic heterocycles. The summed E-state index contributed by atoms with van der Waals surface area (Å²) < 4.78 is 13.8. The van der Waals surface area contributed by atoms with Gasteiger partial charge in [-0.05, 0) is 36.1 Å². The van der Waals surface area contributed by atoms with E-state index in [9.17, 15) is 9.50 Å². The Hall–Kier alpha value is -1.71. The van der Waals surface area contributed by atoms with Crippen LogP contribution in [0.15, 0.2) is 54.6 Å². The normalized spacial score (nSPS) is 30.0. The Bertz CT molecular complexity index is 704. The monoisotopic (exact) mass is 339 g/mol. The van der Waals surface area contributed by atoms with E-state index in [-0.39, 0.29) is 23.8 Å². The minimum Gasteiger partial charge on any atom is -0.393 e. The van der Waals surface area contributed by atoms with E-state index in [1.54, 1.807) is 12.1 Å². The van der Waals surface area contributed by atoms with Crippen LogP contribution in [0.25, 0.3) is 0 Å². The van der Waals surface area contributed by atoms with Crippen molar-refractivity contribution in [2.45, 2.75) is 50.3 Å². The first-order valence-corrected chi connectivity index (χ1v) is 9.44. The maximum Gasteiger partial charge on any atom is 0.123 e. The lowest BCUT2D eigenvalue weighted by Crippen LogP contribution is -2.36. The molecule has 1 heterocycles. The Morgan fingerprint density at radius 3 is 2.60 bits per heavy atom. The van der Waals surface area contributed by atoms with Crippen molar-refractivity contribution in [3.05, 3.63) is 71.5 Å². The third-order valence-electron chi connectivity index (χ3n) is 6.01. The second-order valence-corrected chi connectivity index (χ2v) is 7.57. The third kappa shape index (κ3) is 3.49. The standard InChI is InChI=1S/C22H26FNO/c23-18-10-6-9-17(13-18)19-15-24(14-16-7-2-1-3-8-16)20-11-4-5-12-21(25)22(19)20/h1-3,6-10,13,19-22,25H,4-5,11-12,14-15H2/t19-,20-,21+,22-/m1/s1. The molecule has 0 bridgehead atoms. The van der Waals surface area contributed by atoms with Gasteiger partial charge >= 0.3 is 0 Å². The molecule has 0 amide bonds. The van der Waals surface area contributed by atoms with Crippen molar-refractivity contribution in [3.63, 3.8) is 0 Å². The van der Waals surface area contributed by atoms with Crippen molar-refractivity contribution in [2.75, 3.05) is 6.54 Å². The molecule has 0 radical (unpaired) electrons. The van der Waals surface area contributed by atoms with Crippen LogP contribution in [0.5, 0.6) is 0 Å². The van der Waals surface area contributed by atoms with Crippen molar-refractivity contribution < 1.29 is 9.50 Å². The second-order valence-electron chi connectivity index (χ2n) is 7.57. The van der Waals surface area contributed by atoms with E-state index in [1.165, 1.54) is 18.1 Å². The van der Waals surface area contributed by atoms with Gasteiger partial charge in [-0.15, -0.1) is 0 Å². The van der Waals surface area contributed by atoms with E-state index in [1.807, 2.05) is 12.1 Å². The molecule has 1 saturated carbocycles. The number of fused-ring (bicyclic) bond motifs is 1. The largest absolute Gasteiger partial charge is 0.393 e. The van der Waals surface area contributed by atoms with Crippen LogP contribution in [-0.4, -0.2) is 28.7 Å². The zero-order valence-electron chi connectivity index (χ0n) is 14.5. The van der Waals surface area contributed by atoms with Crippen LogP contribution >= 0.6 is 0 Å². The lowest BCUT2D eigenvalue weighted by molar-refractivity contribution is 0.0753. The minimum atomic E-state index is -0.290. The van der Waals surface area contributed by atoms with Crippen molar-refractivity contribution in [2.24, 2.45) is 5.92 Å². The summed E-state index contributed by atoms with van der Waals surface area (Å²) in [4.78, 5) is 2.52. The Balaban J connectivity index is 1.65. The summed E-state index contributed by atoms with van der Waals surface area (Å²) in [5, 5.41) is 10.8. The number of halogens is 1. The van der Waals surface area contributed by atoms with Crippen LogP contribution in [0.2, 0.25) is 0 Å². The van der Waals surface area contributed by atoms with Gasteiger partial charge in [0.15, 0.2) is 0 Å². The Morgan fingerprint density at radius 1 is 1.00 bits per heavy atom. The zero-order chi connectivity index (χ0) is 17.2. The third-order valence-corrected chi connectivity index (χ3v) is 6.01. The van der Waals surface area contributed by atoms with E-state index in [2.05, 4.69) is 29.2 Å². The number of rotatable bonds is 3. The van der Waals surface area contributed by atoms with Crippen LogP contribution in [0.4, 0.5) is 4.39 Å². The van der Waals surface area contributed by atoms with Crippen LogP contribution in [0.3, 0.4) is 0 Å². The highest BCUT2D eigenvalue weighted by molar-refractivity contribution is 5.26. The summed E-state index contributed by atoms with van der Waals surface area (Å²) in [6.07, 6.45) is 3.95. The van der Waals surface area contributed by atoms with Gasteiger partial charge in [0, 0.05) is 31.0 Å². The summed E-state index contributed by atoms with van der Waals surface area (Å²) in [7, 11) is 0. The number of aliphatic hydroxyl groups is 1. The molecule has 25 heavy (non-hydrogen) atoms. The van der Waals surface area contributed by atoms with Crippen LogP contribution in [0.1, 0.15) is 42.7 Å². The first-order valence-electron chi connectivity index (χ1n) is 9.44. The van der Waals surface area contributed by atoms with Gasteiger partial charge in [-0.1, -0.05) is 55.3 Å². The van der Waals surface area contributed by atoms with E-state index in [0.717, 1.165) is 37.9 Å². The number of likely N-dealkylation sites (tertiary alicyclic amines) is 1. The first kappa shape index (κ1) is 16.7. The Morgan fingerprint density at radius 2 is 1.80 bits per heavy atom. The average molecular weight is 339 g/mol. The van der Waals surface area contributed by atoms with E-state index in [0.29, 0.717) is 6.04 Å². The molecule has 132 valence electrons. The summed E-state index contributed by atoms with van der Waals surface area (Å²) in [6.45, 7) is 1.80. The molecule has 1 aliphatic heterocycles.